The van der Waals surface area contributed by atoms with Crippen LogP contribution in [0.5, 0.6) is 0 Å². The van der Waals surface area contributed by atoms with Crippen LogP contribution >= 0.6 is 0 Å². The van der Waals surface area contributed by atoms with E-state index in [0.717, 1.165) is 17.8 Å². The number of ketones is 1. The van der Waals surface area contributed by atoms with Crippen LogP contribution in [0.25, 0.3) is 0 Å². The summed E-state index contributed by atoms with van der Waals surface area (Å²) >= 11 is 0. The molecule has 0 saturated carbocycles. The van der Waals surface area contributed by atoms with Gasteiger partial charge in [-0.2, -0.15) is 5.11 Å². The fourth-order valence-electron chi connectivity index (χ4n) is 3.45. The highest BCUT2D eigenvalue weighted by molar-refractivity contribution is 6.60. The fourth-order valence-corrected chi connectivity index (χ4v) is 6.07. The van der Waals surface area contributed by atoms with E-state index in [1.807, 2.05) is 76.2 Å². The van der Waals surface area contributed by atoms with Crippen LogP contribution < -0.4 is 10.2 Å². The molecule has 2 aromatic carbocycles. The summed E-state index contributed by atoms with van der Waals surface area (Å²) in [6, 6.07) is 15.8. The second-order valence-corrected chi connectivity index (χ2v) is 10.5. The van der Waals surface area contributed by atoms with Crippen LogP contribution in [0, 0.1) is 0 Å². The number of hydrogen-bond acceptors (Lipinski definition) is 8. The Balaban J connectivity index is 1.92. The summed E-state index contributed by atoms with van der Waals surface area (Å²) < 4.78 is 17.6. The van der Waals surface area contributed by atoms with Crippen molar-refractivity contribution in [3.05, 3.63) is 54.1 Å². The van der Waals surface area contributed by atoms with Gasteiger partial charge in [-0.15, -0.1) is 5.11 Å². The molecule has 34 heavy (non-hydrogen) atoms. The third-order valence-electron chi connectivity index (χ3n) is 5.06. The number of rotatable bonds is 16. The van der Waals surface area contributed by atoms with Crippen molar-refractivity contribution in [1.82, 2.24) is 5.32 Å². The zero-order valence-corrected chi connectivity index (χ0v) is 22.0. The summed E-state index contributed by atoms with van der Waals surface area (Å²) in [4.78, 5) is 14.9. The molecule has 0 heterocycles. The minimum absolute atomic E-state index is 0.0274. The maximum atomic E-state index is 12.8. The Labute approximate surface area is 204 Å². The molecule has 8 nitrogen and oxygen atoms in total. The third-order valence-corrected chi connectivity index (χ3v) is 8.21. The van der Waals surface area contributed by atoms with Gasteiger partial charge in [0, 0.05) is 51.2 Å². The van der Waals surface area contributed by atoms with Crippen LogP contribution in [0.15, 0.2) is 58.8 Å². The number of carbonyl (C=O) groups is 1. The molecule has 0 aliphatic heterocycles. The molecule has 0 unspecified atom stereocenters. The van der Waals surface area contributed by atoms with Gasteiger partial charge in [0.25, 0.3) is 0 Å². The molecule has 9 heteroatoms. The second-order valence-electron chi connectivity index (χ2n) is 7.81. The Bertz CT molecular complexity index is 889. The highest BCUT2D eigenvalue weighted by Gasteiger charge is 2.39. The minimum atomic E-state index is -2.65. The standard InChI is InChI=1S/C25H38N4O4Si/c1-6-31-34(32-7-2,33-8-3)19-11-18-26-20-25(30)23-12-9-10-13-24(23)28-27-21-14-16-22(17-15-21)29(4)5/h9-10,12-17,26H,6-8,11,18-20H2,1-5H3. The van der Waals surface area contributed by atoms with E-state index < -0.39 is 8.80 Å². The van der Waals surface area contributed by atoms with E-state index in [1.165, 1.54) is 0 Å². The van der Waals surface area contributed by atoms with Crippen LogP contribution in [-0.4, -0.2) is 61.6 Å². The molecular weight excluding hydrogens is 448 g/mol. The van der Waals surface area contributed by atoms with Gasteiger partial charge in [-0.05, 0) is 70.1 Å². The molecule has 0 bridgehead atoms. The number of nitrogens with zero attached hydrogens (tertiary/aromatic N) is 3. The molecule has 0 spiro atoms. The van der Waals surface area contributed by atoms with Crippen molar-refractivity contribution in [2.45, 2.75) is 33.2 Å². The lowest BCUT2D eigenvalue weighted by Gasteiger charge is -2.28. The molecule has 0 saturated heterocycles. The second kappa shape index (κ2) is 14.7. The van der Waals surface area contributed by atoms with E-state index >= 15 is 0 Å². The first kappa shape index (κ1) is 27.8. The smallest absolute Gasteiger partial charge is 0.378 e. The normalized spacial score (nSPS) is 11.8. The molecule has 2 rings (SSSR count). The van der Waals surface area contributed by atoms with E-state index in [9.17, 15) is 4.79 Å². The summed E-state index contributed by atoms with van der Waals surface area (Å²) in [5, 5.41) is 11.9. The Morgan fingerprint density at radius 3 is 2.12 bits per heavy atom. The first-order valence-electron chi connectivity index (χ1n) is 11.9. The number of carbonyl (C=O) groups excluding carboxylic acids is 1. The third kappa shape index (κ3) is 8.73. The highest BCUT2D eigenvalue weighted by Crippen LogP contribution is 2.24. The maximum Gasteiger partial charge on any atom is 0.500 e. The van der Waals surface area contributed by atoms with E-state index in [-0.39, 0.29) is 12.3 Å². The van der Waals surface area contributed by atoms with Crippen LogP contribution in [0.1, 0.15) is 37.6 Å². The first-order chi connectivity index (χ1) is 16.4. The van der Waals surface area contributed by atoms with Crippen LogP contribution in [0.4, 0.5) is 17.1 Å². The summed E-state index contributed by atoms with van der Waals surface area (Å²) in [5.74, 6) is -0.0274. The predicted octanol–water partition coefficient (Wildman–Crippen LogP) is 5.38. The van der Waals surface area contributed by atoms with E-state index in [1.54, 1.807) is 12.1 Å². The molecule has 0 fully saturated rings. The lowest BCUT2D eigenvalue weighted by Crippen LogP contribution is -2.46. The molecule has 1 N–H and O–H groups in total. The number of anilines is 1. The zero-order valence-electron chi connectivity index (χ0n) is 21.0. The average Bonchev–Trinajstić information content (AvgIpc) is 2.83. The highest BCUT2D eigenvalue weighted by atomic mass is 28.4. The molecule has 0 aliphatic rings. The molecule has 0 atom stereocenters. The van der Waals surface area contributed by atoms with Crippen molar-refractivity contribution in [3.8, 4) is 0 Å². The monoisotopic (exact) mass is 486 g/mol. The van der Waals surface area contributed by atoms with Crippen molar-refractivity contribution in [2.75, 3.05) is 51.9 Å². The number of benzene rings is 2. The number of hydrogen-bond donors (Lipinski definition) is 1. The fraction of sp³-hybridized carbons (Fsp3) is 0.480. The number of azo groups is 1. The summed E-state index contributed by atoms with van der Waals surface area (Å²) in [7, 11) is 1.32. The van der Waals surface area contributed by atoms with E-state index in [4.69, 9.17) is 13.3 Å². The summed E-state index contributed by atoms with van der Waals surface area (Å²) in [6.07, 6.45) is 0.795. The summed E-state index contributed by atoms with van der Waals surface area (Å²) in [6.45, 7) is 8.40. The largest absolute Gasteiger partial charge is 0.500 e. The van der Waals surface area contributed by atoms with Crippen molar-refractivity contribution in [2.24, 2.45) is 10.2 Å². The van der Waals surface area contributed by atoms with Gasteiger partial charge < -0.3 is 23.5 Å². The van der Waals surface area contributed by atoms with Crippen molar-refractivity contribution < 1.29 is 18.1 Å². The predicted molar refractivity (Wildman–Crippen MR) is 139 cm³/mol. The Kier molecular flexibility index (Phi) is 12.1. The van der Waals surface area contributed by atoms with Gasteiger partial charge in [0.05, 0.1) is 17.9 Å². The SMILES string of the molecule is CCO[Si](CCCNCC(=O)c1ccccc1N=Nc1ccc(N(C)C)cc1)(OCC)OCC. The lowest BCUT2D eigenvalue weighted by molar-refractivity contribution is 0.0708. The average molecular weight is 487 g/mol. The number of Topliss-reactive ketones (excluding diaryl/α,β-unsaturated/α-hetero) is 1. The van der Waals surface area contributed by atoms with Gasteiger partial charge in [0.2, 0.25) is 0 Å². The van der Waals surface area contributed by atoms with E-state index in [0.29, 0.717) is 43.7 Å². The zero-order chi connectivity index (χ0) is 24.8. The van der Waals surface area contributed by atoms with E-state index in [2.05, 4.69) is 15.5 Å². The lowest BCUT2D eigenvalue weighted by atomic mass is 10.1. The van der Waals surface area contributed by atoms with Gasteiger partial charge in [0.1, 0.15) is 0 Å². The first-order valence-corrected chi connectivity index (χ1v) is 13.8. The molecule has 0 amide bonds. The molecule has 0 aliphatic carbocycles. The quantitative estimate of drug-likeness (QED) is 0.148. The van der Waals surface area contributed by atoms with Gasteiger partial charge in [-0.1, -0.05) is 12.1 Å². The van der Waals surface area contributed by atoms with Gasteiger partial charge in [0.15, 0.2) is 5.78 Å². The van der Waals surface area contributed by atoms with Crippen molar-refractivity contribution >= 4 is 31.6 Å². The van der Waals surface area contributed by atoms with Crippen LogP contribution in [0.2, 0.25) is 6.04 Å². The maximum absolute atomic E-state index is 12.8. The molecule has 0 aromatic heterocycles. The van der Waals surface area contributed by atoms with Crippen LogP contribution in [-0.2, 0) is 13.3 Å². The topological polar surface area (TPSA) is 84.8 Å². The molecule has 186 valence electrons. The Hall–Kier alpha value is -2.43. The van der Waals surface area contributed by atoms with Gasteiger partial charge >= 0.3 is 8.80 Å². The molecular formula is C25H38N4O4Si. The van der Waals surface area contributed by atoms with Crippen LogP contribution in [0.3, 0.4) is 0 Å². The van der Waals surface area contributed by atoms with Crippen molar-refractivity contribution in [3.63, 3.8) is 0 Å². The number of nitrogens with one attached hydrogen (secondary N) is 1. The Morgan fingerprint density at radius 1 is 0.912 bits per heavy atom. The molecule has 0 radical (unpaired) electrons. The van der Waals surface area contributed by atoms with Crippen molar-refractivity contribution in [1.29, 1.82) is 0 Å². The minimum Gasteiger partial charge on any atom is -0.378 e. The Morgan fingerprint density at radius 2 is 1.53 bits per heavy atom. The molecule has 2 aromatic rings. The summed E-state index contributed by atoms with van der Waals surface area (Å²) in [5.41, 5.74) is 2.92. The van der Waals surface area contributed by atoms with Gasteiger partial charge in [-0.25, -0.2) is 0 Å². The van der Waals surface area contributed by atoms with Gasteiger partial charge in [-0.3, -0.25) is 4.79 Å².